The second-order valence-electron chi connectivity index (χ2n) is 5.82. The molecule has 1 aromatic carbocycles. The van der Waals surface area contributed by atoms with Crippen LogP contribution in [0.1, 0.15) is 41.6 Å². The zero-order valence-electron chi connectivity index (χ0n) is 11.1. The Labute approximate surface area is 113 Å². The normalized spacial score (nSPS) is 20.4. The Morgan fingerprint density at radius 1 is 1.32 bits per heavy atom. The summed E-state index contributed by atoms with van der Waals surface area (Å²) in [6.45, 7) is 1.58. The number of fused-ring (bicyclic) bond motifs is 1. The van der Waals surface area contributed by atoms with Gasteiger partial charge in [-0.05, 0) is 37.3 Å². The molecule has 0 atom stereocenters. The fourth-order valence-corrected chi connectivity index (χ4v) is 2.97. The van der Waals surface area contributed by atoms with E-state index in [9.17, 15) is 4.79 Å². The highest BCUT2D eigenvalue weighted by Gasteiger charge is 2.44. The van der Waals surface area contributed by atoms with Gasteiger partial charge in [0.1, 0.15) is 0 Å². The molecule has 3 rings (SSSR count). The number of carbonyl (C=O) groups excluding carboxylic acids is 1. The molecule has 0 radical (unpaired) electrons. The lowest BCUT2D eigenvalue weighted by atomic mass is 10.0. The van der Waals surface area contributed by atoms with E-state index in [2.05, 4.69) is 12.1 Å². The number of benzene rings is 1. The highest BCUT2D eigenvalue weighted by atomic mass is 16.2. The molecule has 1 heterocycles. The number of carbonyl (C=O) groups is 1. The van der Waals surface area contributed by atoms with Gasteiger partial charge in [-0.15, -0.1) is 0 Å². The summed E-state index contributed by atoms with van der Waals surface area (Å²) in [5.41, 5.74) is 2.12. The van der Waals surface area contributed by atoms with E-state index < -0.39 is 0 Å². The van der Waals surface area contributed by atoms with Crippen molar-refractivity contribution in [1.29, 1.82) is 5.26 Å². The summed E-state index contributed by atoms with van der Waals surface area (Å²) < 4.78 is 0. The molecule has 1 amide bonds. The highest BCUT2D eigenvalue weighted by molar-refractivity contribution is 5.96. The first kappa shape index (κ1) is 12.2. The van der Waals surface area contributed by atoms with Crippen molar-refractivity contribution < 1.29 is 4.79 Å². The van der Waals surface area contributed by atoms with Crippen molar-refractivity contribution in [2.24, 2.45) is 5.41 Å². The van der Waals surface area contributed by atoms with Crippen LogP contribution < -0.4 is 0 Å². The molecular weight excluding hydrogens is 236 g/mol. The van der Waals surface area contributed by atoms with E-state index >= 15 is 0 Å². The molecule has 0 N–H and O–H groups in total. The molecule has 1 aliphatic heterocycles. The molecule has 1 aromatic rings. The van der Waals surface area contributed by atoms with Crippen LogP contribution in [0.3, 0.4) is 0 Å². The van der Waals surface area contributed by atoms with Crippen LogP contribution in [0, 0.1) is 16.7 Å². The van der Waals surface area contributed by atoms with Gasteiger partial charge in [0.25, 0.3) is 5.91 Å². The number of amides is 1. The summed E-state index contributed by atoms with van der Waals surface area (Å²) in [6, 6.07) is 10.2. The first-order valence-electron chi connectivity index (χ1n) is 6.98. The largest absolute Gasteiger partial charge is 0.338 e. The molecule has 2 aliphatic rings. The standard InChI is InChI=1S/C16H18N2O/c17-10-9-16(7-8-16)12-18-11-3-5-13-4-1-2-6-14(13)15(18)19/h1-2,4,6H,3,5,7-9,11-12H2. The molecular formula is C16H18N2O. The van der Waals surface area contributed by atoms with E-state index in [4.69, 9.17) is 5.26 Å². The van der Waals surface area contributed by atoms with Crippen molar-refractivity contribution >= 4 is 5.91 Å². The fourth-order valence-electron chi connectivity index (χ4n) is 2.97. The third-order valence-corrected chi connectivity index (χ3v) is 4.35. The lowest BCUT2D eigenvalue weighted by molar-refractivity contribution is 0.0725. The molecule has 0 unspecified atom stereocenters. The van der Waals surface area contributed by atoms with Crippen LogP contribution >= 0.6 is 0 Å². The van der Waals surface area contributed by atoms with Gasteiger partial charge in [0.15, 0.2) is 0 Å². The number of nitriles is 1. The van der Waals surface area contributed by atoms with E-state index in [0.717, 1.165) is 44.3 Å². The van der Waals surface area contributed by atoms with Crippen molar-refractivity contribution in [2.75, 3.05) is 13.1 Å². The average molecular weight is 254 g/mol. The maximum Gasteiger partial charge on any atom is 0.254 e. The Kier molecular flexibility index (Phi) is 3.02. The van der Waals surface area contributed by atoms with E-state index in [1.54, 1.807) is 0 Å². The van der Waals surface area contributed by atoms with Crippen LogP contribution in [0.2, 0.25) is 0 Å². The van der Waals surface area contributed by atoms with Gasteiger partial charge in [-0.2, -0.15) is 5.26 Å². The zero-order chi connectivity index (χ0) is 13.3. The fraction of sp³-hybridized carbons (Fsp3) is 0.500. The van der Waals surface area contributed by atoms with Crippen molar-refractivity contribution in [3.05, 3.63) is 35.4 Å². The number of hydrogen-bond donors (Lipinski definition) is 0. The third kappa shape index (κ3) is 2.35. The van der Waals surface area contributed by atoms with Gasteiger partial charge in [-0.3, -0.25) is 4.79 Å². The molecule has 1 saturated carbocycles. The molecule has 0 spiro atoms. The zero-order valence-corrected chi connectivity index (χ0v) is 11.1. The van der Waals surface area contributed by atoms with Gasteiger partial charge in [-0.1, -0.05) is 18.2 Å². The number of rotatable bonds is 3. The number of nitrogens with zero attached hydrogens (tertiary/aromatic N) is 2. The number of aryl methyl sites for hydroxylation is 1. The van der Waals surface area contributed by atoms with E-state index in [-0.39, 0.29) is 11.3 Å². The van der Waals surface area contributed by atoms with Crippen LogP contribution in [-0.2, 0) is 6.42 Å². The van der Waals surface area contributed by atoms with Gasteiger partial charge in [0.05, 0.1) is 6.07 Å². The average Bonchev–Trinajstić information content (AvgIpc) is 3.19. The molecule has 3 heteroatoms. The maximum atomic E-state index is 12.6. The topological polar surface area (TPSA) is 44.1 Å². The highest BCUT2D eigenvalue weighted by Crippen LogP contribution is 2.49. The van der Waals surface area contributed by atoms with Crippen LogP contribution in [-0.4, -0.2) is 23.9 Å². The minimum atomic E-state index is 0.101. The summed E-state index contributed by atoms with van der Waals surface area (Å²) >= 11 is 0. The minimum absolute atomic E-state index is 0.101. The first-order chi connectivity index (χ1) is 9.24. The van der Waals surface area contributed by atoms with Crippen molar-refractivity contribution in [3.63, 3.8) is 0 Å². The van der Waals surface area contributed by atoms with E-state index in [0.29, 0.717) is 6.42 Å². The second kappa shape index (κ2) is 4.70. The summed E-state index contributed by atoms with van der Waals surface area (Å²) in [6.07, 6.45) is 4.76. The smallest absolute Gasteiger partial charge is 0.254 e. The van der Waals surface area contributed by atoms with Crippen molar-refractivity contribution in [1.82, 2.24) is 4.90 Å². The number of hydrogen-bond acceptors (Lipinski definition) is 2. The first-order valence-corrected chi connectivity index (χ1v) is 6.98. The molecule has 3 nitrogen and oxygen atoms in total. The summed E-state index contributed by atoms with van der Waals surface area (Å²) in [7, 11) is 0. The SMILES string of the molecule is N#CCC1(CN2CCCc3ccccc3C2=O)CC1. The molecule has 0 bridgehead atoms. The van der Waals surface area contributed by atoms with Gasteiger partial charge in [0, 0.05) is 30.5 Å². The Bertz CT molecular complexity index is 540. The third-order valence-electron chi connectivity index (χ3n) is 4.35. The minimum Gasteiger partial charge on any atom is -0.338 e. The quantitative estimate of drug-likeness (QED) is 0.832. The lowest BCUT2D eigenvalue weighted by Crippen LogP contribution is -2.36. The molecule has 98 valence electrons. The van der Waals surface area contributed by atoms with Crippen LogP contribution in [0.15, 0.2) is 24.3 Å². The van der Waals surface area contributed by atoms with E-state index in [1.165, 1.54) is 5.56 Å². The van der Waals surface area contributed by atoms with Crippen LogP contribution in [0.5, 0.6) is 0 Å². The van der Waals surface area contributed by atoms with Gasteiger partial charge >= 0.3 is 0 Å². The lowest BCUT2D eigenvalue weighted by Gasteiger charge is -2.25. The Morgan fingerprint density at radius 2 is 2.11 bits per heavy atom. The predicted octanol–water partition coefficient (Wildman–Crippen LogP) is 2.77. The molecule has 1 fully saturated rings. The molecule has 0 saturated heterocycles. The van der Waals surface area contributed by atoms with Crippen molar-refractivity contribution in [2.45, 2.75) is 32.1 Å². The summed E-state index contributed by atoms with van der Waals surface area (Å²) in [5, 5.41) is 8.90. The molecule has 19 heavy (non-hydrogen) atoms. The summed E-state index contributed by atoms with van der Waals surface area (Å²) in [5.74, 6) is 0.150. The van der Waals surface area contributed by atoms with Crippen molar-refractivity contribution in [3.8, 4) is 6.07 Å². The van der Waals surface area contributed by atoms with E-state index in [1.807, 2.05) is 23.1 Å². The predicted molar refractivity (Wildman–Crippen MR) is 72.6 cm³/mol. The van der Waals surface area contributed by atoms with Gasteiger partial charge in [-0.25, -0.2) is 0 Å². The van der Waals surface area contributed by atoms with Gasteiger partial charge < -0.3 is 4.90 Å². The van der Waals surface area contributed by atoms with Gasteiger partial charge in [0.2, 0.25) is 0 Å². The Balaban J connectivity index is 1.81. The summed E-state index contributed by atoms with van der Waals surface area (Å²) in [4.78, 5) is 14.6. The maximum absolute atomic E-state index is 12.6. The molecule has 0 aromatic heterocycles. The Hall–Kier alpha value is -1.82. The van der Waals surface area contributed by atoms with Crippen LogP contribution in [0.25, 0.3) is 0 Å². The molecule has 1 aliphatic carbocycles. The Morgan fingerprint density at radius 3 is 2.84 bits per heavy atom. The second-order valence-corrected chi connectivity index (χ2v) is 5.82. The van der Waals surface area contributed by atoms with Crippen LogP contribution in [0.4, 0.5) is 0 Å². The monoisotopic (exact) mass is 254 g/mol.